The largest absolute Gasteiger partial charge is 0.126 e. The minimum Gasteiger partial charge on any atom is -0.126 e. The molecule has 0 aliphatic rings. The third-order valence-electron chi connectivity index (χ3n) is 4.11. The summed E-state index contributed by atoms with van der Waals surface area (Å²) in [5.74, 6) is 1.00. The van der Waals surface area contributed by atoms with Gasteiger partial charge in [-0.2, -0.15) is 0 Å². The highest BCUT2D eigenvalue weighted by molar-refractivity contribution is 9.10. The molecule has 0 aromatic heterocycles. The van der Waals surface area contributed by atoms with Gasteiger partial charge in [-0.05, 0) is 54.7 Å². The van der Waals surface area contributed by atoms with Crippen molar-refractivity contribution in [1.29, 1.82) is 0 Å². The van der Waals surface area contributed by atoms with Gasteiger partial charge in [0.1, 0.15) is 0 Å². The van der Waals surface area contributed by atoms with E-state index in [0.717, 1.165) is 10.9 Å². The Bertz CT molecular complexity index is 598. The Kier molecular flexibility index (Phi) is 5.76. The van der Waals surface area contributed by atoms with E-state index < -0.39 is 0 Å². The average molecular weight is 386 g/mol. The van der Waals surface area contributed by atoms with Crippen LogP contribution in [-0.4, -0.2) is 11.8 Å². The molecule has 0 spiro atoms. The minimum atomic E-state index is -0.246. The molecule has 0 unspecified atom stereocenters. The van der Waals surface area contributed by atoms with Gasteiger partial charge in [-0.3, -0.25) is 0 Å². The van der Waals surface area contributed by atoms with Gasteiger partial charge in [0.05, 0.1) is 0 Å². The van der Waals surface area contributed by atoms with Gasteiger partial charge in [0, 0.05) is 21.6 Å². The lowest BCUT2D eigenvalue weighted by Gasteiger charge is -2.32. The summed E-state index contributed by atoms with van der Waals surface area (Å²) in [6.07, 6.45) is 0.856. The van der Waals surface area contributed by atoms with E-state index in [1.54, 1.807) is 0 Å². The highest BCUT2D eigenvalue weighted by atomic mass is 79.9. The van der Waals surface area contributed by atoms with Crippen LogP contribution >= 0.6 is 39.1 Å². The SMILES string of the molecule is Cc1cccc(C)c1CC(CCl)(CCl)c1cccc(Br)c1. The van der Waals surface area contributed by atoms with Gasteiger partial charge in [0.15, 0.2) is 0 Å². The van der Waals surface area contributed by atoms with Gasteiger partial charge in [-0.25, -0.2) is 0 Å². The average Bonchev–Trinajstić information content (AvgIpc) is 2.48. The number of rotatable bonds is 5. The molecule has 0 radical (unpaired) electrons. The molecule has 0 aliphatic heterocycles. The molecule has 0 fully saturated rings. The van der Waals surface area contributed by atoms with Crippen LogP contribution in [0.1, 0.15) is 22.3 Å². The summed E-state index contributed by atoms with van der Waals surface area (Å²) in [5.41, 5.74) is 4.88. The van der Waals surface area contributed by atoms with E-state index in [1.807, 2.05) is 12.1 Å². The zero-order chi connectivity index (χ0) is 15.5. The number of aryl methyl sites for hydroxylation is 2. The van der Waals surface area contributed by atoms with Gasteiger partial charge < -0.3 is 0 Å². The Morgan fingerprint density at radius 3 is 2.05 bits per heavy atom. The summed E-state index contributed by atoms with van der Waals surface area (Å²) in [4.78, 5) is 0. The lowest BCUT2D eigenvalue weighted by molar-refractivity contribution is 0.533. The third-order valence-corrected chi connectivity index (χ3v) is 5.62. The second-order valence-electron chi connectivity index (χ2n) is 5.61. The van der Waals surface area contributed by atoms with Crippen LogP contribution in [0, 0.1) is 13.8 Å². The van der Waals surface area contributed by atoms with E-state index in [2.05, 4.69) is 60.1 Å². The topological polar surface area (TPSA) is 0 Å². The van der Waals surface area contributed by atoms with Crippen LogP contribution in [0.4, 0.5) is 0 Å². The van der Waals surface area contributed by atoms with Crippen molar-refractivity contribution in [1.82, 2.24) is 0 Å². The van der Waals surface area contributed by atoms with E-state index in [0.29, 0.717) is 11.8 Å². The molecule has 3 heteroatoms. The first kappa shape index (κ1) is 16.9. The van der Waals surface area contributed by atoms with E-state index in [1.165, 1.54) is 22.3 Å². The molecule has 0 amide bonds. The predicted octanol–water partition coefficient (Wildman–Crippen LogP) is 6.02. The van der Waals surface area contributed by atoms with Gasteiger partial charge in [0.2, 0.25) is 0 Å². The molecule has 2 aromatic rings. The van der Waals surface area contributed by atoms with Gasteiger partial charge >= 0.3 is 0 Å². The minimum absolute atomic E-state index is 0.246. The molecule has 0 N–H and O–H groups in total. The first-order valence-corrected chi connectivity index (χ1v) is 8.82. The van der Waals surface area contributed by atoms with Gasteiger partial charge in [-0.1, -0.05) is 46.3 Å². The first-order chi connectivity index (χ1) is 10.0. The second-order valence-corrected chi connectivity index (χ2v) is 7.06. The van der Waals surface area contributed by atoms with E-state index in [4.69, 9.17) is 23.2 Å². The fraction of sp³-hybridized carbons (Fsp3) is 0.333. The van der Waals surface area contributed by atoms with Crippen molar-refractivity contribution in [3.8, 4) is 0 Å². The van der Waals surface area contributed by atoms with E-state index >= 15 is 0 Å². The van der Waals surface area contributed by atoms with Gasteiger partial charge in [-0.15, -0.1) is 23.2 Å². The lowest BCUT2D eigenvalue weighted by Crippen LogP contribution is -2.34. The van der Waals surface area contributed by atoms with Crippen molar-refractivity contribution in [2.45, 2.75) is 25.7 Å². The number of hydrogen-bond donors (Lipinski definition) is 0. The Labute approximate surface area is 145 Å². The molecule has 2 aromatic carbocycles. The summed E-state index contributed by atoms with van der Waals surface area (Å²) < 4.78 is 1.06. The van der Waals surface area contributed by atoms with Crippen molar-refractivity contribution in [3.05, 3.63) is 69.2 Å². The summed E-state index contributed by atoms with van der Waals surface area (Å²) in [6.45, 7) is 4.30. The second kappa shape index (κ2) is 7.17. The highest BCUT2D eigenvalue weighted by Crippen LogP contribution is 2.34. The van der Waals surface area contributed by atoms with Crippen molar-refractivity contribution < 1.29 is 0 Å². The van der Waals surface area contributed by atoms with Crippen LogP contribution in [0.15, 0.2) is 46.9 Å². The maximum absolute atomic E-state index is 6.37. The molecule has 0 nitrogen and oxygen atoms in total. The van der Waals surface area contributed by atoms with Crippen LogP contribution in [0.2, 0.25) is 0 Å². The lowest BCUT2D eigenvalue weighted by atomic mass is 9.77. The predicted molar refractivity (Wildman–Crippen MR) is 96.9 cm³/mol. The zero-order valence-electron chi connectivity index (χ0n) is 12.3. The monoisotopic (exact) mass is 384 g/mol. The van der Waals surface area contributed by atoms with Crippen LogP contribution in [0.25, 0.3) is 0 Å². The smallest absolute Gasteiger partial charge is 0.0335 e. The van der Waals surface area contributed by atoms with Crippen LogP contribution in [0.3, 0.4) is 0 Å². The van der Waals surface area contributed by atoms with Gasteiger partial charge in [0.25, 0.3) is 0 Å². The Morgan fingerprint density at radius 1 is 0.952 bits per heavy atom. The van der Waals surface area contributed by atoms with Crippen molar-refractivity contribution in [2.75, 3.05) is 11.8 Å². The Balaban J connectivity index is 2.48. The van der Waals surface area contributed by atoms with E-state index in [9.17, 15) is 0 Å². The molecule has 0 aliphatic carbocycles. The summed E-state index contributed by atoms with van der Waals surface area (Å²) in [6, 6.07) is 14.7. The Morgan fingerprint density at radius 2 is 1.52 bits per heavy atom. The van der Waals surface area contributed by atoms with Crippen molar-refractivity contribution in [3.63, 3.8) is 0 Å². The van der Waals surface area contributed by atoms with Crippen molar-refractivity contribution >= 4 is 39.1 Å². The molecule has 0 atom stereocenters. The summed E-state index contributed by atoms with van der Waals surface area (Å²) >= 11 is 16.3. The van der Waals surface area contributed by atoms with Crippen LogP contribution in [0.5, 0.6) is 0 Å². The number of hydrogen-bond acceptors (Lipinski definition) is 0. The van der Waals surface area contributed by atoms with Crippen molar-refractivity contribution in [2.24, 2.45) is 0 Å². The summed E-state index contributed by atoms with van der Waals surface area (Å²) in [5, 5.41) is 0. The molecule has 0 heterocycles. The molecule has 2 rings (SSSR count). The zero-order valence-corrected chi connectivity index (χ0v) is 15.4. The van der Waals surface area contributed by atoms with Crippen LogP contribution in [-0.2, 0) is 11.8 Å². The molecule has 0 saturated heterocycles. The quantitative estimate of drug-likeness (QED) is 0.551. The molecule has 0 saturated carbocycles. The van der Waals surface area contributed by atoms with Crippen LogP contribution < -0.4 is 0 Å². The maximum Gasteiger partial charge on any atom is 0.0335 e. The molecule has 21 heavy (non-hydrogen) atoms. The Hall–Kier alpha value is -0.500. The van der Waals surface area contributed by atoms with E-state index in [-0.39, 0.29) is 5.41 Å². The molecular weight excluding hydrogens is 367 g/mol. The molecular formula is C18H19BrCl2. The highest BCUT2D eigenvalue weighted by Gasteiger charge is 2.32. The fourth-order valence-corrected chi connectivity index (χ4v) is 3.85. The normalized spacial score (nSPS) is 11.7. The number of benzene rings is 2. The maximum atomic E-state index is 6.37. The number of alkyl halides is 2. The fourth-order valence-electron chi connectivity index (χ4n) is 2.67. The first-order valence-electron chi connectivity index (χ1n) is 6.95. The number of halogens is 3. The third kappa shape index (κ3) is 3.64. The molecule has 112 valence electrons. The summed E-state index contributed by atoms with van der Waals surface area (Å²) in [7, 11) is 0. The molecule has 0 bridgehead atoms. The standard InChI is InChI=1S/C18H19BrCl2/c1-13-5-3-6-14(2)17(13)10-18(11-20,12-21)15-7-4-8-16(19)9-15/h3-9H,10-12H2,1-2H3.